The van der Waals surface area contributed by atoms with Gasteiger partial charge in [0, 0.05) is 48.6 Å². The largest absolute Gasteiger partial charge is 0.444 e. The molecule has 2 N–H and O–H groups in total. The van der Waals surface area contributed by atoms with E-state index in [9.17, 15) is 4.79 Å². The molecule has 6 nitrogen and oxygen atoms in total. The van der Waals surface area contributed by atoms with Crippen molar-refractivity contribution >= 4 is 33.4 Å². The van der Waals surface area contributed by atoms with Crippen LogP contribution >= 0.6 is 15.9 Å². The van der Waals surface area contributed by atoms with Gasteiger partial charge in [-0.1, -0.05) is 34.1 Å². The standard InChI is InChI=1S/C22H29BrN4O2/c1-22(2,3)29-21(28)27-13-11-26(12-14-27)20-10-9-18(23)15-17(20)16-24-25-19-7-5-4-6-8-19/h4-10,15,24-25H,11-14,16H2,1-3H3. The molecule has 156 valence electrons. The van der Waals surface area contributed by atoms with E-state index in [0.717, 1.165) is 23.2 Å². The second-order valence-electron chi connectivity index (χ2n) is 8.07. The number of nitrogens with one attached hydrogen (secondary N) is 2. The number of carbonyl (C=O) groups excluding carboxylic acids is 1. The lowest BCUT2D eigenvalue weighted by Gasteiger charge is -2.37. The second kappa shape index (κ2) is 9.50. The summed E-state index contributed by atoms with van der Waals surface area (Å²) < 4.78 is 6.54. The van der Waals surface area contributed by atoms with E-state index in [4.69, 9.17) is 4.74 Å². The summed E-state index contributed by atoms with van der Waals surface area (Å²) in [5.41, 5.74) is 9.45. The average molecular weight is 461 g/mol. The van der Waals surface area contributed by atoms with Crippen molar-refractivity contribution in [1.29, 1.82) is 0 Å². The van der Waals surface area contributed by atoms with Crippen molar-refractivity contribution in [2.75, 3.05) is 36.5 Å². The number of hydrogen-bond donors (Lipinski definition) is 2. The number of hydrazine groups is 1. The fourth-order valence-electron chi connectivity index (χ4n) is 3.22. The summed E-state index contributed by atoms with van der Waals surface area (Å²) in [7, 11) is 0. The molecule has 0 bridgehead atoms. The van der Waals surface area contributed by atoms with E-state index in [1.165, 1.54) is 11.3 Å². The van der Waals surface area contributed by atoms with E-state index < -0.39 is 5.60 Å². The van der Waals surface area contributed by atoms with E-state index in [1.807, 2.05) is 51.1 Å². The van der Waals surface area contributed by atoms with Gasteiger partial charge >= 0.3 is 6.09 Å². The number of amides is 1. The lowest BCUT2D eigenvalue weighted by Crippen LogP contribution is -2.50. The van der Waals surface area contributed by atoms with Gasteiger partial charge < -0.3 is 20.0 Å². The molecule has 0 saturated carbocycles. The van der Waals surface area contributed by atoms with E-state index in [2.05, 4.69) is 49.9 Å². The number of benzene rings is 2. The van der Waals surface area contributed by atoms with Crippen LogP contribution in [0.5, 0.6) is 0 Å². The van der Waals surface area contributed by atoms with Gasteiger partial charge in [0.05, 0.1) is 0 Å². The van der Waals surface area contributed by atoms with Gasteiger partial charge in [0.25, 0.3) is 0 Å². The Kier molecular flexibility index (Phi) is 7.03. The predicted octanol–water partition coefficient (Wildman–Crippen LogP) is 4.62. The third-order valence-electron chi connectivity index (χ3n) is 4.60. The summed E-state index contributed by atoms with van der Waals surface area (Å²) in [5, 5.41) is 0. The van der Waals surface area contributed by atoms with E-state index in [1.54, 1.807) is 4.90 Å². The molecule has 0 atom stereocenters. The number of hydrogen-bond acceptors (Lipinski definition) is 5. The molecular weight excluding hydrogens is 432 g/mol. The smallest absolute Gasteiger partial charge is 0.410 e. The molecule has 29 heavy (non-hydrogen) atoms. The number of nitrogens with zero attached hydrogens (tertiary/aromatic N) is 2. The first-order valence-corrected chi connectivity index (χ1v) is 10.7. The normalized spacial score (nSPS) is 14.6. The van der Waals surface area contributed by atoms with Crippen molar-refractivity contribution < 1.29 is 9.53 Å². The van der Waals surface area contributed by atoms with E-state index in [-0.39, 0.29) is 6.09 Å². The second-order valence-corrected chi connectivity index (χ2v) is 8.99. The zero-order chi connectivity index (χ0) is 20.9. The fraction of sp³-hybridized carbons (Fsp3) is 0.409. The Morgan fingerprint density at radius 3 is 2.41 bits per heavy atom. The summed E-state index contributed by atoms with van der Waals surface area (Å²) in [6.07, 6.45) is -0.234. The first kappa shape index (κ1) is 21.5. The van der Waals surface area contributed by atoms with Crippen LogP contribution in [0.3, 0.4) is 0 Å². The third kappa shape index (κ3) is 6.37. The summed E-state index contributed by atoms with van der Waals surface area (Å²) in [5.74, 6) is 0. The molecule has 3 rings (SSSR count). The van der Waals surface area contributed by atoms with Gasteiger partial charge in [-0.05, 0) is 56.7 Å². The maximum atomic E-state index is 12.3. The highest BCUT2D eigenvalue weighted by Gasteiger charge is 2.26. The molecular formula is C22H29BrN4O2. The van der Waals surface area contributed by atoms with Gasteiger partial charge in [-0.2, -0.15) is 0 Å². The summed E-state index contributed by atoms with van der Waals surface area (Å²) in [4.78, 5) is 16.4. The summed E-state index contributed by atoms with van der Waals surface area (Å²) >= 11 is 3.58. The molecule has 1 fully saturated rings. The minimum absolute atomic E-state index is 0.234. The van der Waals surface area contributed by atoms with E-state index >= 15 is 0 Å². The Labute approximate surface area is 181 Å². The van der Waals surface area contributed by atoms with Gasteiger partial charge in [0.1, 0.15) is 5.60 Å². The number of rotatable bonds is 5. The fourth-order valence-corrected chi connectivity index (χ4v) is 3.63. The Bertz CT molecular complexity index is 815. The molecule has 1 aliphatic rings. The molecule has 1 amide bonds. The molecule has 1 heterocycles. The zero-order valence-electron chi connectivity index (χ0n) is 17.2. The van der Waals surface area contributed by atoms with Crippen LogP contribution in [0.25, 0.3) is 0 Å². The van der Waals surface area contributed by atoms with Crippen LogP contribution in [0.4, 0.5) is 16.2 Å². The maximum Gasteiger partial charge on any atom is 0.410 e. The predicted molar refractivity (Wildman–Crippen MR) is 121 cm³/mol. The highest BCUT2D eigenvalue weighted by molar-refractivity contribution is 9.10. The number of halogens is 1. The van der Waals surface area contributed by atoms with Crippen LogP contribution in [0.2, 0.25) is 0 Å². The molecule has 0 spiro atoms. The number of ether oxygens (including phenoxy) is 1. The van der Waals surface area contributed by atoms with E-state index in [0.29, 0.717) is 19.6 Å². The molecule has 0 radical (unpaired) electrons. The molecule has 0 unspecified atom stereocenters. The lowest BCUT2D eigenvalue weighted by molar-refractivity contribution is 0.0240. The third-order valence-corrected chi connectivity index (χ3v) is 5.09. The van der Waals surface area contributed by atoms with Gasteiger partial charge in [-0.25, -0.2) is 10.2 Å². The Morgan fingerprint density at radius 2 is 1.76 bits per heavy atom. The molecule has 2 aromatic carbocycles. The minimum atomic E-state index is -0.468. The van der Waals surface area contributed by atoms with Crippen molar-refractivity contribution in [3.05, 3.63) is 58.6 Å². The highest BCUT2D eigenvalue weighted by Crippen LogP contribution is 2.26. The van der Waals surface area contributed by atoms with Crippen LogP contribution in [0.1, 0.15) is 26.3 Å². The number of para-hydroxylation sites is 1. The van der Waals surface area contributed by atoms with Crippen molar-refractivity contribution in [1.82, 2.24) is 10.3 Å². The van der Waals surface area contributed by atoms with Crippen molar-refractivity contribution in [2.45, 2.75) is 32.9 Å². The highest BCUT2D eigenvalue weighted by atomic mass is 79.9. The first-order valence-electron chi connectivity index (χ1n) is 9.87. The Balaban J connectivity index is 1.60. The molecule has 7 heteroatoms. The maximum absolute atomic E-state index is 12.3. The first-order chi connectivity index (χ1) is 13.8. The summed E-state index contributed by atoms with van der Waals surface area (Å²) in [6.45, 7) is 9.22. The number of anilines is 2. The summed E-state index contributed by atoms with van der Waals surface area (Å²) in [6, 6.07) is 16.4. The number of carbonyl (C=O) groups is 1. The van der Waals surface area contributed by atoms with Gasteiger partial charge in [-0.15, -0.1) is 0 Å². The average Bonchev–Trinajstić information content (AvgIpc) is 2.68. The van der Waals surface area contributed by atoms with Crippen molar-refractivity contribution in [3.8, 4) is 0 Å². The Morgan fingerprint density at radius 1 is 1.07 bits per heavy atom. The van der Waals surface area contributed by atoms with Gasteiger partial charge in [0.15, 0.2) is 0 Å². The number of piperazine rings is 1. The SMILES string of the molecule is CC(C)(C)OC(=O)N1CCN(c2ccc(Br)cc2CNNc2ccccc2)CC1. The van der Waals surface area contributed by atoms with Crippen LogP contribution in [0.15, 0.2) is 53.0 Å². The van der Waals surface area contributed by atoms with Crippen molar-refractivity contribution in [2.24, 2.45) is 0 Å². The van der Waals surface area contributed by atoms with Crippen LogP contribution < -0.4 is 15.8 Å². The van der Waals surface area contributed by atoms with Crippen LogP contribution in [-0.2, 0) is 11.3 Å². The quantitative estimate of drug-likeness (QED) is 0.637. The molecule has 1 aliphatic heterocycles. The molecule has 0 aromatic heterocycles. The molecule has 0 aliphatic carbocycles. The zero-order valence-corrected chi connectivity index (χ0v) is 18.8. The lowest BCUT2D eigenvalue weighted by atomic mass is 10.1. The van der Waals surface area contributed by atoms with Gasteiger partial charge in [-0.3, -0.25) is 0 Å². The molecule has 2 aromatic rings. The topological polar surface area (TPSA) is 56.8 Å². The monoisotopic (exact) mass is 460 g/mol. The Hall–Kier alpha value is -2.25. The van der Waals surface area contributed by atoms with Crippen LogP contribution in [0, 0.1) is 0 Å². The van der Waals surface area contributed by atoms with Crippen LogP contribution in [-0.4, -0.2) is 42.8 Å². The van der Waals surface area contributed by atoms with Gasteiger partial charge in [0.2, 0.25) is 0 Å². The van der Waals surface area contributed by atoms with Crippen molar-refractivity contribution in [3.63, 3.8) is 0 Å². The molecule has 1 saturated heterocycles. The minimum Gasteiger partial charge on any atom is -0.444 e.